The second-order valence-corrected chi connectivity index (χ2v) is 6.97. The van der Waals surface area contributed by atoms with Gasteiger partial charge in [0.15, 0.2) is 0 Å². The number of aryl methyl sites for hydroxylation is 1. The second kappa shape index (κ2) is 6.75. The lowest BCUT2D eigenvalue weighted by Crippen LogP contribution is -2.28. The van der Waals surface area contributed by atoms with Crippen LogP contribution in [0.25, 0.3) is 0 Å². The van der Waals surface area contributed by atoms with E-state index in [2.05, 4.69) is 0 Å². The SMILES string of the molecule is Cc1ccc(S(=O)(=O)O[CH]C2(CO)C=C(CN)C=CC2)cc1. The van der Waals surface area contributed by atoms with E-state index in [9.17, 15) is 13.5 Å². The number of nitrogens with two attached hydrogens (primary N) is 1. The molecule has 0 spiro atoms. The summed E-state index contributed by atoms with van der Waals surface area (Å²) in [5.74, 6) is 0. The summed E-state index contributed by atoms with van der Waals surface area (Å²) in [4.78, 5) is 0.0804. The molecule has 1 unspecified atom stereocenters. The Morgan fingerprint density at radius 3 is 2.64 bits per heavy atom. The van der Waals surface area contributed by atoms with Crippen molar-refractivity contribution in [1.29, 1.82) is 0 Å². The molecule has 1 aromatic rings. The van der Waals surface area contributed by atoms with E-state index in [1.54, 1.807) is 18.2 Å². The van der Waals surface area contributed by atoms with Crippen LogP contribution < -0.4 is 5.73 Å². The quantitative estimate of drug-likeness (QED) is 0.778. The van der Waals surface area contributed by atoms with Crippen molar-refractivity contribution in [3.05, 3.63) is 60.2 Å². The fraction of sp³-hybridized carbons (Fsp3) is 0.312. The number of benzene rings is 1. The highest BCUT2D eigenvalue weighted by Gasteiger charge is 2.32. The topological polar surface area (TPSA) is 89.6 Å². The first-order valence-corrected chi connectivity index (χ1v) is 8.35. The van der Waals surface area contributed by atoms with Crippen molar-refractivity contribution in [2.24, 2.45) is 11.1 Å². The Hall–Kier alpha value is -1.47. The molecular formula is C16H20NO4S. The lowest BCUT2D eigenvalue weighted by atomic mass is 9.81. The largest absolute Gasteiger partial charge is 0.395 e. The Labute approximate surface area is 131 Å². The molecule has 119 valence electrons. The van der Waals surface area contributed by atoms with Gasteiger partial charge in [0.2, 0.25) is 0 Å². The fourth-order valence-corrected chi connectivity index (χ4v) is 3.08. The number of hydrogen-bond acceptors (Lipinski definition) is 5. The van der Waals surface area contributed by atoms with Gasteiger partial charge in [0.05, 0.1) is 11.5 Å². The van der Waals surface area contributed by atoms with Crippen molar-refractivity contribution < 1.29 is 17.7 Å². The molecule has 0 saturated heterocycles. The van der Waals surface area contributed by atoms with Crippen LogP contribution in [0.2, 0.25) is 0 Å². The zero-order valence-electron chi connectivity index (χ0n) is 12.4. The Balaban J connectivity index is 2.15. The molecule has 2 rings (SSSR count). The summed E-state index contributed by atoms with van der Waals surface area (Å²) in [7, 11) is -3.90. The molecule has 6 heteroatoms. The van der Waals surface area contributed by atoms with Gasteiger partial charge >= 0.3 is 0 Å². The molecule has 5 nitrogen and oxygen atoms in total. The third-order valence-corrected chi connectivity index (χ3v) is 4.75. The number of aliphatic hydroxyl groups excluding tert-OH is 1. The molecule has 0 heterocycles. The van der Waals surface area contributed by atoms with Gasteiger partial charge in [-0.25, -0.2) is 0 Å². The molecule has 1 aromatic carbocycles. The molecule has 1 aliphatic carbocycles. The number of hydrogen-bond donors (Lipinski definition) is 2. The highest BCUT2D eigenvalue weighted by molar-refractivity contribution is 7.86. The van der Waals surface area contributed by atoms with E-state index in [1.807, 2.05) is 19.1 Å². The van der Waals surface area contributed by atoms with Gasteiger partial charge in [0, 0.05) is 12.0 Å². The average molecular weight is 322 g/mol. The van der Waals surface area contributed by atoms with Crippen LogP contribution in [0, 0.1) is 18.9 Å². The molecule has 0 bridgehead atoms. The first kappa shape index (κ1) is 16.9. The van der Waals surface area contributed by atoms with Crippen molar-refractivity contribution in [3.63, 3.8) is 0 Å². The lowest BCUT2D eigenvalue weighted by Gasteiger charge is -2.29. The van der Waals surface area contributed by atoms with E-state index in [0.29, 0.717) is 13.0 Å². The van der Waals surface area contributed by atoms with Gasteiger partial charge in [-0.2, -0.15) is 8.42 Å². The van der Waals surface area contributed by atoms with Gasteiger partial charge in [0.1, 0.15) is 6.61 Å². The van der Waals surface area contributed by atoms with Crippen molar-refractivity contribution in [1.82, 2.24) is 0 Å². The maximum absolute atomic E-state index is 12.2. The average Bonchev–Trinajstić information content (AvgIpc) is 2.54. The molecular weight excluding hydrogens is 302 g/mol. The zero-order valence-corrected chi connectivity index (χ0v) is 13.2. The molecule has 1 radical (unpaired) electrons. The van der Waals surface area contributed by atoms with Crippen LogP contribution in [0.15, 0.2) is 53.0 Å². The predicted molar refractivity (Wildman–Crippen MR) is 84.2 cm³/mol. The summed E-state index contributed by atoms with van der Waals surface area (Å²) < 4.78 is 29.4. The third kappa shape index (κ3) is 3.84. The Kier molecular flexibility index (Phi) is 5.18. The minimum atomic E-state index is -3.90. The van der Waals surface area contributed by atoms with Crippen molar-refractivity contribution in [2.75, 3.05) is 13.2 Å². The van der Waals surface area contributed by atoms with Crippen molar-refractivity contribution in [2.45, 2.75) is 18.2 Å². The number of rotatable bonds is 6. The minimum Gasteiger partial charge on any atom is -0.395 e. The predicted octanol–water partition coefficient (Wildman–Crippen LogP) is 1.69. The molecule has 3 N–H and O–H groups in total. The fourth-order valence-electron chi connectivity index (χ4n) is 2.18. The standard InChI is InChI=1S/C16H20NO4S/c1-13-4-6-15(7-5-13)22(19,20)21-12-16(11-18)8-2-3-14(9-16)10-17/h2-7,9,12,18H,8,10-11,17H2,1H3. The summed E-state index contributed by atoms with van der Waals surface area (Å²) in [5.41, 5.74) is 6.51. The first-order valence-electron chi connectivity index (χ1n) is 6.94. The van der Waals surface area contributed by atoms with Crippen LogP contribution in [0.1, 0.15) is 12.0 Å². The van der Waals surface area contributed by atoms with E-state index >= 15 is 0 Å². The van der Waals surface area contributed by atoms with Gasteiger partial charge in [0.25, 0.3) is 10.1 Å². The van der Waals surface area contributed by atoms with E-state index in [4.69, 9.17) is 9.92 Å². The summed E-state index contributed by atoms with van der Waals surface area (Å²) in [5, 5.41) is 9.63. The molecule has 0 saturated carbocycles. The molecule has 22 heavy (non-hydrogen) atoms. The lowest BCUT2D eigenvalue weighted by molar-refractivity contribution is 0.152. The van der Waals surface area contributed by atoms with Crippen molar-refractivity contribution >= 4 is 10.1 Å². The number of allylic oxidation sites excluding steroid dienone is 1. The van der Waals surface area contributed by atoms with Gasteiger partial charge in [-0.05, 0) is 31.1 Å². The molecule has 1 aliphatic rings. The van der Waals surface area contributed by atoms with Gasteiger partial charge in [-0.15, -0.1) is 0 Å². The highest BCUT2D eigenvalue weighted by Crippen LogP contribution is 2.34. The van der Waals surface area contributed by atoms with Crippen molar-refractivity contribution in [3.8, 4) is 0 Å². The van der Waals surface area contributed by atoms with Gasteiger partial charge in [-0.1, -0.05) is 35.9 Å². The Bertz CT molecular complexity index is 677. The summed E-state index contributed by atoms with van der Waals surface area (Å²) in [6.45, 7) is 3.11. The monoisotopic (exact) mass is 322 g/mol. The maximum Gasteiger partial charge on any atom is 0.297 e. The van der Waals surface area contributed by atoms with Gasteiger partial charge < -0.3 is 10.8 Å². The zero-order chi connectivity index (χ0) is 16.2. The Morgan fingerprint density at radius 1 is 1.36 bits per heavy atom. The van der Waals surface area contributed by atoms with Crippen LogP contribution in [0.4, 0.5) is 0 Å². The molecule has 0 aliphatic heterocycles. The van der Waals surface area contributed by atoms with E-state index in [1.165, 1.54) is 18.7 Å². The minimum absolute atomic E-state index is 0.0804. The second-order valence-electron chi connectivity index (χ2n) is 5.40. The highest BCUT2D eigenvalue weighted by atomic mass is 32.2. The van der Waals surface area contributed by atoms with E-state index < -0.39 is 15.5 Å². The Morgan fingerprint density at radius 2 is 2.05 bits per heavy atom. The van der Waals surface area contributed by atoms with Crippen LogP contribution >= 0.6 is 0 Å². The maximum atomic E-state index is 12.2. The molecule has 0 amide bonds. The molecule has 0 fully saturated rings. The van der Waals surface area contributed by atoms with Crippen LogP contribution in [-0.2, 0) is 14.3 Å². The number of aliphatic hydroxyl groups is 1. The normalized spacial score (nSPS) is 21.7. The van der Waals surface area contributed by atoms with Crippen LogP contribution in [0.5, 0.6) is 0 Å². The molecule has 1 atom stereocenters. The van der Waals surface area contributed by atoms with Gasteiger partial charge in [-0.3, -0.25) is 4.18 Å². The summed E-state index contributed by atoms with van der Waals surface area (Å²) in [6.07, 6.45) is 5.90. The first-order chi connectivity index (χ1) is 10.4. The van der Waals surface area contributed by atoms with E-state index in [-0.39, 0.29) is 11.5 Å². The van der Waals surface area contributed by atoms with Crippen LogP contribution in [0.3, 0.4) is 0 Å². The van der Waals surface area contributed by atoms with E-state index in [0.717, 1.165) is 11.1 Å². The third-order valence-electron chi connectivity index (χ3n) is 3.55. The molecule has 0 aromatic heterocycles. The van der Waals surface area contributed by atoms with Crippen LogP contribution in [-0.4, -0.2) is 26.7 Å². The smallest absolute Gasteiger partial charge is 0.297 e. The summed E-state index contributed by atoms with van der Waals surface area (Å²) >= 11 is 0. The summed E-state index contributed by atoms with van der Waals surface area (Å²) in [6, 6.07) is 6.39.